The van der Waals surface area contributed by atoms with Gasteiger partial charge >= 0.3 is 19.1 Å². The molecule has 0 bridgehead atoms. The zero-order chi connectivity index (χ0) is 23.6. The average Bonchev–Trinajstić information content (AvgIpc) is 2.83. The number of rotatable bonds is 7. The molecular weight excluding hydrogens is 397 g/mol. The fourth-order valence-electron chi connectivity index (χ4n) is 3.28. The van der Waals surface area contributed by atoms with Gasteiger partial charge in [-0.05, 0) is 77.5 Å². The van der Waals surface area contributed by atoms with Crippen LogP contribution in [0.5, 0.6) is 0 Å². The van der Waals surface area contributed by atoms with Gasteiger partial charge in [-0.1, -0.05) is 12.1 Å². The van der Waals surface area contributed by atoms with Crippen molar-refractivity contribution < 1.29 is 28.4 Å². The summed E-state index contributed by atoms with van der Waals surface area (Å²) in [6.45, 7) is 16.0. The van der Waals surface area contributed by atoms with Crippen LogP contribution < -0.4 is 10.8 Å². The Labute approximate surface area is 186 Å². The summed E-state index contributed by atoms with van der Waals surface area (Å²) >= 11 is 0. The van der Waals surface area contributed by atoms with Gasteiger partial charge < -0.3 is 24.1 Å². The van der Waals surface area contributed by atoms with Crippen LogP contribution in [-0.2, 0) is 41.3 Å². The molecule has 0 unspecified atom stereocenters. The minimum Gasteiger partial charge on any atom is -0.469 e. The summed E-state index contributed by atoms with van der Waals surface area (Å²) in [5.41, 5.74) is 2.08. The minimum absolute atomic E-state index is 0.0866. The first kappa shape index (κ1) is 25.4. The molecule has 0 radical (unpaired) electrons. The van der Waals surface area contributed by atoms with Crippen LogP contribution in [-0.4, -0.2) is 49.5 Å². The number of benzene rings is 1. The van der Waals surface area contributed by atoms with Crippen LogP contribution in [0.25, 0.3) is 0 Å². The molecule has 1 saturated heterocycles. The fourth-order valence-corrected chi connectivity index (χ4v) is 3.28. The van der Waals surface area contributed by atoms with E-state index in [1.807, 2.05) is 67.5 Å². The second-order valence-electron chi connectivity index (χ2n) is 10.0. The van der Waals surface area contributed by atoms with Gasteiger partial charge in [-0.15, -0.1) is 0 Å². The normalized spacial score (nSPS) is 17.5. The van der Waals surface area contributed by atoms with Crippen LogP contribution in [0.4, 0.5) is 0 Å². The zero-order valence-corrected chi connectivity index (χ0v) is 20.3. The van der Waals surface area contributed by atoms with Crippen molar-refractivity contribution in [2.75, 3.05) is 13.7 Å². The van der Waals surface area contributed by atoms with Crippen LogP contribution in [0.2, 0.25) is 0 Å². The maximum absolute atomic E-state index is 12.0. The summed E-state index contributed by atoms with van der Waals surface area (Å²) in [5, 5.41) is 3.12. The third-order valence-corrected chi connectivity index (χ3v) is 5.70. The highest BCUT2D eigenvalue weighted by molar-refractivity contribution is 6.62. The second-order valence-corrected chi connectivity index (χ2v) is 10.0. The van der Waals surface area contributed by atoms with Gasteiger partial charge in [-0.2, -0.15) is 0 Å². The van der Waals surface area contributed by atoms with Gasteiger partial charge in [-0.25, -0.2) is 0 Å². The van der Waals surface area contributed by atoms with Crippen LogP contribution >= 0.6 is 0 Å². The number of nitrogens with one attached hydrogen (secondary N) is 1. The minimum atomic E-state index is -0.549. The van der Waals surface area contributed by atoms with E-state index in [2.05, 4.69) is 5.32 Å². The molecule has 1 aliphatic rings. The molecule has 1 aromatic rings. The van der Waals surface area contributed by atoms with E-state index in [1.54, 1.807) is 0 Å². The van der Waals surface area contributed by atoms with Crippen molar-refractivity contribution in [2.24, 2.45) is 0 Å². The van der Waals surface area contributed by atoms with E-state index in [0.29, 0.717) is 6.54 Å². The Hall–Kier alpha value is -1.90. The van der Waals surface area contributed by atoms with Crippen molar-refractivity contribution in [1.29, 1.82) is 0 Å². The topological polar surface area (TPSA) is 83.1 Å². The molecule has 0 aliphatic carbocycles. The monoisotopic (exact) mass is 433 g/mol. The molecule has 7 nitrogen and oxygen atoms in total. The lowest BCUT2D eigenvalue weighted by Gasteiger charge is -2.32. The second kappa shape index (κ2) is 9.31. The average molecular weight is 433 g/mol. The molecule has 1 N–H and O–H groups in total. The van der Waals surface area contributed by atoms with Crippen molar-refractivity contribution in [3.63, 3.8) is 0 Å². The maximum Gasteiger partial charge on any atom is 0.495 e. The molecular formula is C23H36BNO6. The number of esters is 2. The molecule has 172 valence electrons. The number of hydrogen-bond acceptors (Lipinski definition) is 7. The number of ether oxygens (including phenoxy) is 2. The first-order chi connectivity index (χ1) is 14.1. The van der Waals surface area contributed by atoms with Gasteiger partial charge in [0.2, 0.25) is 0 Å². The first-order valence-electron chi connectivity index (χ1n) is 10.6. The molecule has 1 heterocycles. The zero-order valence-electron chi connectivity index (χ0n) is 20.3. The lowest BCUT2D eigenvalue weighted by Crippen LogP contribution is -2.41. The molecule has 2 rings (SSSR count). The Balaban J connectivity index is 2.26. The third-order valence-electron chi connectivity index (χ3n) is 5.70. The van der Waals surface area contributed by atoms with Gasteiger partial charge in [0, 0.05) is 6.54 Å². The smallest absolute Gasteiger partial charge is 0.469 e. The lowest BCUT2D eigenvalue weighted by molar-refractivity contribution is -0.153. The van der Waals surface area contributed by atoms with E-state index in [1.165, 1.54) is 7.11 Å². The van der Waals surface area contributed by atoms with Gasteiger partial charge in [-0.3, -0.25) is 9.59 Å². The highest BCUT2D eigenvalue weighted by Gasteiger charge is 2.52. The highest BCUT2D eigenvalue weighted by atomic mass is 16.7. The van der Waals surface area contributed by atoms with Crippen LogP contribution in [0.1, 0.15) is 65.2 Å². The summed E-state index contributed by atoms with van der Waals surface area (Å²) in [6, 6.07) is 3.95. The van der Waals surface area contributed by atoms with Crippen molar-refractivity contribution in [1.82, 2.24) is 5.32 Å². The molecule has 0 atom stereocenters. The molecule has 0 saturated carbocycles. The summed E-state index contributed by atoms with van der Waals surface area (Å²) in [4.78, 5) is 23.9. The van der Waals surface area contributed by atoms with Crippen LogP contribution in [0.15, 0.2) is 12.1 Å². The third kappa shape index (κ3) is 6.54. The quantitative estimate of drug-likeness (QED) is 0.523. The molecule has 1 aromatic carbocycles. The fraction of sp³-hybridized carbons (Fsp3) is 0.652. The Morgan fingerprint density at radius 3 is 2.16 bits per heavy atom. The van der Waals surface area contributed by atoms with Crippen molar-refractivity contribution in [3.8, 4) is 0 Å². The highest BCUT2D eigenvalue weighted by Crippen LogP contribution is 2.37. The number of carbonyl (C=O) groups excluding carboxylic acids is 2. The molecule has 0 aromatic heterocycles. The molecule has 1 aliphatic heterocycles. The van der Waals surface area contributed by atoms with Crippen molar-refractivity contribution in [3.05, 3.63) is 28.8 Å². The van der Waals surface area contributed by atoms with Crippen LogP contribution in [0.3, 0.4) is 0 Å². The van der Waals surface area contributed by atoms with E-state index < -0.39 is 23.9 Å². The van der Waals surface area contributed by atoms with E-state index in [0.717, 1.165) is 22.2 Å². The molecule has 0 amide bonds. The molecule has 8 heteroatoms. The summed E-state index contributed by atoms with van der Waals surface area (Å²) in [7, 11) is 0.825. The largest absolute Gasteiger partial charge is 0.495 e. The van der Waals surface area contributed by atoms with E-state index in [9.17, 15) is 9.59 Å². The lowest BCUT2D eigenvalue weighted by atomic mass is 9.74. The Morgan fingerprint density at radius 1 is 1.06 bits per heavy atom. The first-order valence-corrected chi connectivity index (χ1v) is 10.6. The molecule has 31 heavy (non-hydrogen) atoms. The summed E-state index contributed by atoms with van der Waals surface area (Å²) < 4.78 is 22.7. The van der Waals surface area contributed by atoms with E-state index in [4.69, 9.17) is 18.8 Å². The van der Waals surface area contributed by atoms with Crippen molar-refractivity contribution in [2.45, 2.75) is 85.2 Å². The van der Waals surface area contributed by atoms with E-state index in [-0.39, 0.29) is 24.9 Å². The van der Waals surface area contributed by atoms with Crippen molar-refractivity contribution >= 4 is 24.5 Å². The van der Waals surface area contributed by atoms with E-state index >= 15 is 0 Å². The number of methoxy groups -OCH3 is 1. The Morgan fingerprint density at radius 2 is 1.65 bits per heavy atom. The molecule has 1 fully saturated rings. The Kier molecular flexibility index (Phi) is 7.61. The van der Waals surface area contributed by atoms with Gasteiger partial charge in [0.25, 0.3) is 0 Å². The molecule has 0 spiro atoms. The number of carbonyl (C=O) groups is 2. The van der Waals surface area contributed by atoms with Gasteiger partial charge in [0.05, 0.1) is 31.3 Å². The maximum atomic E-state index is 12.0. The predicted octanol–water partition coefficient (Wildman–Crippen LogP) is 2.44. The van der Waals surface area contributed by atoms with Gasteiger partial charge in [0.1, 0.15) is 5.60 Å². The summed E-state index contributed by atoms with van der Waals surface area (Å²) in [5.74, 6) is -0.637. The van der Waals surface area contributed by atoms with Crippen LogP contribution in [0, 0.1) is 6.92 Å². The van der Waals surface area contributed by atoms with Gasteiger partial charge in [0.15, 0.2) is 0 Å². The standard InChI is InChI=1S/C23H36BNO6/c1-15-17(12-19(26)28-9)10-16(13-25-14-20(27)29-21(2,3)4)11-18(15)24-30-22(5,6)23(7,8)31-24/h10-11,25H,12-14H2,1-9H3. The SMILES string of the molecule is COC(=O)Cc1cc(CNCC(=O)OC(C)(C)C)cc(B2OC(C)(C)C(C)(C)O2)c1C. The summed E-state index contributed by atoms with van der Waals surface area (Å²) in [6.07, 6.45) is 0.148. The Bertz CT molecular complexity index is 812. The number of hydrogen-bond donors (Lipinski definition) is 1. The predicted molar refractivity (Wildman–Crippen MR) is 120 cm³/mol.